The highest BCUT2D eigenvalue weighted by atomic mass is 19.4. The number of benzene rings is 2. The van der Waals surface area contributed by atoms with Gasteiger partial charge in [-0.15, -0.1) is 13.2 Å². The van der Waals surface area contributed by atoms with Gasteiger partial charge in [-0.2, -0.15) is 13.9 Å². The Kier molecular flexibility index (Phi) is 6.09. The third kappa shape index (κ3) is 4.90. The molecule has 0 N–H and O–H groups in total. The molecule has 0 bridgehead atoms. The smallest absolute Gasteiger partial charge is 0.461 e. The summed E-state index contributed by atoms with van der Waals surface area (Å²) in [5.74, 6) is -2.13. The van der Waals surface area contributed by atoms with Crippen LogP contribution in [0.25, 0.3) is 16.6 Å². The SMILES string of the molecule is CCOC(=O)c1nn(-c2ccc(OC(F)(F)F)cc2)c2cccc(OC(F)F)c2c1=O. The van der Waals surface area contributed by atoms with E-state index in [9.17, 15) is 31.5 Å². The molecule has 2 aromatic carbocycles. The predicted molar refractivity (Wildman–Crippen MR) is 96.6 cm³/mol. The largest absolute Gasteiger partial charge is 0.573 e. The van der Waals surface area contributed by atoms with Gasteiger partial charge in [0, 0.05) is 0 Å². The van der Waals surface area contributed by atoms with Crippen LogP contribution < -0.4 is 14.9 Å². The summed E-state index contributed by atoms with van der Waals surface area (Å²) >= 11 is 0. The van der Waals surface area contributed by atoms with E-state index < -0.39 is 41.6 Å². The lowest BCUT2D eigenvalue weighted by Crippen LogP contribution is -2.25. The number of hydrogen-bond donors (Lipinski definition) is 0. The molecular formula is C19H13F5N2O5. The van der Waals surface area contributed by atoms with Gasteiger partial charge in [0.15, 0.2) is 0 Å². The molecule has 164 valence electrons. The number of nitrogens with zero attached hydrogens (tertiary/aromatic N) is 2. The molecule has 1 aromatic heterocycles. The van der Waals surface area contributed by atoms with Gasteiger partial charge in [0.1, 0.15) is 11.5 Å². The molecule has 0 amide bonds. The van der Waals surface area contributed by atoms with E-state index in [0.717, 1.165) is 22.9 Å². The van der Waals surface area contributed by atoms with E-state index in [2.05, 4.69) is 14.6 Å². The number of halogens is 5. The summed E-state index contributed by atoms with van der Waals surface area (Å²) in [4.78, 5) is 25.0. The van der Waals surface area contributed by atoms with E-state index in [4.69, 9.17) is 4.74 Å². The van der Waals surface area contributed by atoms with Crippen molar-refractivity contribution >= 4 is 16.9 Å². The number of esters is 1. The summed E-state index contributed by atoms with van der Waals surface area (Å²) < 4.78 is 76.8. The van der Waals surface area contributed by atoms with Crippen LogP contribution in [-0.2, 0) is 4.74 Å². The van der Waals surface area contributed by atoms with Crippen molar-refractivity contribution in [2.75, 3.05) is 6.61 Å². The maximum Gasteiger partial charge on any atom is 0.573 e. The second-order valence-corrected chi connectivity index (χ2v) is 5.88. The first-order valence-electron chi connectivity index (χ1n) is 8.65. The standard InChI is InChI=1S/C19H13F5N2O5/c1-2-29-17(28)15-16(27)14-12(4-3-5-13(14)30-18(20)21)26(25-15)10-6-8-11(9-7-10)31-19(22,23)24/h3-9,18H,2H2,1H3. The van der Waals surface area contributed by atoms with Crippen molar-refractivity contribution in [3.8, 4) is 17.2 Å². The molecule has 3 aromatic rings. The minimum Gasteiger partial charge on any atom is -0.461 e. The first kappa shape index (κ1) is 22.0. The Bertz CT molecular complexity index is 1160. The molecule has 0 fully saturated rings. The predicted octanol–water partition coefficient (Wildman–Crippen LogP) is 4.06. The zero-order valence-corrected chi connectivity index (χ0v) is 15.7. The van der Waals surface area contributed by atoms with Gasteiger partial charge in [0.05, 0.1) is 23.2 Å². The molecule has 7 nitrogen and oxygen atoms in total. The van der Waals surface area contributed by atoms with Gasteiger partial charge < -0.3 is 14.2 Å². The summed E-state index contributed by atoms with van der Waals surface area (Å²) in [6.45, 7) is -1.85. The number of fused-ring (bicyclic) bond motifs is 1. The monoisotopic (exact) mass is 444 g/mol. The molecule has 0 saturated carbocycles. The van der Waals surface area contributed by atoms with E-state index >= 15 is 0 Å². The number of carbonyl (C=O) groups is 1. The molecule has 0 radical (unpaired) electrons. The molecule has 12 heteroatoms. The van der Waals surface area contributed by atoms with Crippen LogP contribution in [0.1, 0.15) is 17.4 Å². The van der Waals surface area contributed by atoms with Gasteiger partial charge in [0.25, 0.3) is 0 Å². The average Bonchev–Trinajstić information content (AvgIpc) is 2.67. The highest BCUT2D eigenvalue weighted by Gasteiger charge is 2.31. The molecule has 0 unspecified atom stereocenters. The van der Waals surface area contributed by atoms with Gasteiger partial charge in [-0.3, -0.25) is 4.79 Å². The van der Waals surface area contributed by atoms with Crippen LogP contribution in [0, 0.1) is 0 Å². The minimum absolute atomic E-state index is 0.0271. The average molecular weight is 444 g/mol. The Hall–Kier alpha value is -3.70. The quantitative estimate of drug-likeness (QED) is 0.422. The highest BCUT2D eigenvalue weighted by molar-refractivity contribution is 5.94. The third-order valence-corrected chi connectivity index (χ3v) is 3.87. The van der Waals surface area contributed by atoms with Gasteiger partial charge in [-0.05, 0) is 43.3 Å². The van der Waals surface area contributed by atoms with Crippen LogP contribution in [0.2, 0.25) is 0 Å². The van der Waals surface area contributed by atoms with Crippen molar-refractivity contribution in [1.82, 2.24) is 9.78 Å². The second kappa shape index (κ2) is 8.58. The first-order valence-corrected chi connectivity index (χ1v) is 8.65. The molecule has 1 heterocycles. The Morgan fingerprint density at radius 1 is 1.13 bits per heavy atom. The number of alkyl halides is 5. The Morgan fingerprint density at radius 2 is 1.81 bits per heavy atom. The van der Waals surface area contributed by atoms with Crippen molar-refractivity contribution in [3.63, 3.8) is 0 Å². The fourth-order valence-corrected chi connectivity index (χ4v) is 2.75. The van der Waals surface area contributed by atoms with Crippen molar-refractivity contribution in [1.29, 1.82) is 0 Å². The lowest BCUT2D eigenvalue weighted by molar-refractivity contribution is -0.274. The number of aromatic nitrogens is 2. The molecule has 0 aliphatic rings. The molecule has 0 aliphatic heterocycles. The summed E-state index contributed by atoms with van der Waals surface area (Å²) in [6.07, 6.45) is -4.90. The van der Waals surface area contributed by atoms with E-state index in [1.807, 2.05) is 0 Å². The summed E-state index contributed by atoms with van der Waals surface area (Å²) in [7, 11) is 0. The Balaban J connectivity index is 2.24. The maximum absolute atomic E-state index is 12.8. The highest BCUT2D eigenvalue weighted by Crippen LogP contribution is 2.28. The molecule has 0 atom stereocenters. The molecule has 0 saturated heterocycles. The van der Waals surface area contributed by atoms with Crippen LogP contribution >= 0.6 is 0 Å². The normalized spacial score (nSPS) is 11.6. The first-order chi connectivity index (χ1) is 14.6. The van der Waals surface area contributed by atoms with E-state index in [1.165, 1.54) is 31.2 Å². The lowest BCUT2D eigenvalue weighted by Gasteiger charge is -2.15. The Morgan fingerprint density at radius 3 is 2.39 bits per heavy atom. The number of carbonyl (C=O) groups excluding carboxylic acids is 1. The van der Waals surface area contributed by atoms with Gasteiger partial charge >= 0.3 is 18.9 Å². The van der Waals surface area contributed by atoms with Crippen molar-refractivity contribution in [2.45, 2.75) is 19.9 Å². The molecule has 31 heavy (non-hydrogen) atoms. The van der Waals surface area contributed by atoms with Crippen molar-refractivity contribution in [3.05, 3.63) is 58.4 Å². The lowest BCUT2D eigenvalue weighted by atomic mass is 10.1. The zero-order chi connectivity index (χ0) is 22.8. The summed E-state index contributed by atoms with van der Waals surface area (Å²) in [5.41, 5.74) is -1.63. The van der Waals surface area contributed by atoms with Gasteiger partial charge in [0.2, 0.25) is 11.1 Å². The fraction of sp³-hybridized carbons (Fsp3) is 0.211. The maximum atomic E-state index is 12.8. The molecule has 0 aliphatic carbocycles. The summed E-state index contributed by atoms with van der Waals surface area (Å²) in [5, 5.41) is 3.56. The van der Waals surface area contributed by atoms with Gasteiger partial charge in [-0.1, -0.05) is 6.07 Å². The molecule has 0 spiro atoms. The van der Waals surface area contributed by atoms with E-state index in [-0.39, 0.29) is 23.2 Å². The number of hydrogen-bond acceptors (Lipinski definition) is 6. The van der Waals surface area contributed by atoms with Crippen LogP contribution in [-0.4, -0.2) is 35.3 Å². The van der Waals surface area contributed by atoms with Gasteiger partial charge in [-0.25, -0.2) is 9.48 Å². The fourth-order valence-electron chi connectivity index (χ4n) is 2.75. The number of ether oxygens (including phenoxy) is 3. The zero-order valence-electron chi connectivity index (χ0n) is 15.7. The number of rotatable bonds is 6. The van der Waals surface area contributed by atoms with Crippen LogP contribution in [0.3, 0.4) is 0 Å². The van der Waals surface area contributed by atoms with Crippen LogP contribution in [0.15, 0.2) is 47.3 Å². The van der Waals surface area contributed by atoms with Crippen LogP contribution in [0.4, 0.5) is 22.0 Å². The van der Waals surface area contributed by atoms with Crippen LogP contribution in [0.5, 0.6) is 11.5 Å². The van der Waals surface area contributed by atoms with E-state index in [0.29, 0.717) is 0 Å². The molecular weight excluding hydrogens is 431 g/mol. The van der Waals surface area contributed by atoms with E-state index in [1.54, 1.807) is 0 Å². The third-order valence-electron chi connectivity index (χ3n) is 3.87. The molecule has 3 rings (SSSR count). The van der Waals surface area contributed by atoms with Crippen molar-refractivity contribution < 1.29 is 41.0 Å². The van der Waals surface area contributed by atoms with Crippen molar-refractivity contribution in [2.24, 2.45) is 0 Å². The summed E-state index contributed by atoms with van der Waals surface area (Å²) in [6, 6.07) is 8.08. The second-order valence-electron chi connectivity index (χ2n) is 5.88. The topological polar surface area (TPSA) is 79.7 Å². The minimum atomic E-state index is -4.90. The Labute approximate surface area is 170 Å².